The molecule has 6 heteroatoms. The topological polar surface area (TPSA) is 64.1 Å². The highest BCUT2D eigenvalue weighted by Crippen LogP contribution is 2.22. The molecule has 0 saturated heterocycles. The van der Waals surface area contributed by atoms with Crippen LogP contribution in [0, 0.1) is 5.82 Å². The molecule has 0 radical (unpaired) electrons. The molecule has 0 fully saturated rings. The molecule has 4 rings (SSSR count). The van der Waals surface area contributed by atoms with Crippen LogP contribution in [-0.2, 0) is 6.42 Å². The number of ether oxygens (including phenoxy) is 1. The quantitative estimate of drug-likeness (QED) is 0.461. The second-order valence-electron chi connectivity index (χ2n) is 6.84. The van der Waals surface area contributed by atoms with Gasteiger partial charge in [0.15, 0.2) is 5.82 Å². The number of halogens is 1. The third-order valence-electron chi connectivity index (χ3n) is 4.61. The lowest BCUT2D eigenvalue weighted by Crippen LogP contribution is -2.25. The summed E-state index contributed by atoms with van der Waals surface area (Å²) in [6.07, 6.45) is 2.35. The van der Waals surface area contributed by atoms with Gasteiger partial charge in [-0.3, -0.25) is 4.79 Å². The number of carbonyl (C=O) groups excluding carboxylic acids is 1. The number of hydrogen-bond donors (Lipinski definition) is 1. The van der Waals surface area contributed by atoms with Crippen LogP contribution in [0.5, 0.6) is 11.6 Å². The fourth-order valence-electron chi connectivity index (χ4n) is 3.00. The van der Waals surface area contributed by atoms with E-state index in [9.17, 15) is 9.18 Å². The van der Waals surface area contributed by atoms with Gasteiger partial charge < -0.3 is 10.1 Å². The first-order valence-electron chi connectivity index (χ1n) is 9.86. The fraction of sp³-hybridized carbons (Fsp3) is 0.0800. The molecule has 1 heterocycles. The van der Waals surface area contributed by atoms with Crippen molar-refractivity contribution in [2.24, 2.45) is 0 Å². The van der Waals surface area contributed by atoms with Gasteiger partial charge in [0, 0.05) is 29.9 Å². The van der Waals surface area contributed by atoms with Gasteiger partial charge in [0.25, 0.3) is 5.91 Å². The number of carbonyl (C=O) groups is 1. The lowest BCUT2D eigenvalue weighted by atomic mass is 10.1. The molecule has 154 valence electrons. The third kappa shape index (κ3) is 5.51. The summed E-state index contributed by atoms with van der Waals surface area (Å²) in [5.74, 6) is 0.884. The molecule has 1 N–H and O–H groups in total. The maximum absolute atomic E-state index is 13.1. The SMILES string of the molecule is O=C(NCCc1ccccc1)c1ccc(Oc2ccnc(-c3ccc(F)cc3)n2)cc1. The van der Waals surface area contributed by atoms with Crippen LogP contribution in [0.3, 0.4) is 0 Å². The van der Waals surface area contributed by atoms with E-state index in [0.717, 1.165) is 6.42 Å². The standard InChI is InChI=1S/C25H20FN3O2/c26-21-10-6-19(7-11-21)24-27-17-15-23(29-24)31-22-12-8-20(9-13-22)25(30)28-16-14-18-4-2-1-3-5-18/h1-13,15,17H,14,16H2,(H,28,30). The lowest BCUT2D eigenvalue weighted by molar-refractivity contribution is 0.0954. The van der Waals surface area contributed by atoms with E-state index in [0.29, 0.717) is 35.1 Å². The highest BCUT2D eigenvalue weighted by atomic mass is 19.1. The largest absolute Gasteiger partial charge is 0.439 e. The first kappa shape index (κ1) is 20.2. The number of amides is 1. The molecular formula is C25H20FN3O2. The van der Waals surface area contributed by atoms with Gasteiger partial charge in [-0.15, -0.1) is 0 Å². The van der Waals surface area contributed by atoms with E-state index >= 15 is 0 Å². The summed E-state index contributed by atoms with van der Waals surface area (Å²) in [6.45, 7) is 0.564. The number of nitrogens with zero attached hydrogens (tertiary/aromatic N) is 2. The minimum Gasteiger partial charge on any atom is -0.439 e. The molecule has 0 atom stereocenters. The Morgan fingerprint density at radius 1 is 0.903 bits per heavy atom. The zero-order valence-electron chi connectivity index (χ0n) is 16.7. The van der Waals surface area contributed by atoms with Crippen molar-refractivity contribution >= 4 is 5.91 Å². The van der Waals surface area contributed by atoms with Gasteiger partial charge in [0.05, 0.1) is 0 Å². The predicted molar refractivity (Wildman–Crippen MR) is 116 cm³/mol. The minimum absolute atomic E-state index is 0.136. The Morgan fingerprint density at radius 3 is 2.39 bits per heavy atom. The Kier molecular flexibility index (Phi) is 6.28. The Balaban J connectivity index is 1.35. The monoisotopic (exact) mass is 413 g/mol. The van der Waals surface area contributed by atoms with Crippen LogP contribution in [0.1, 0.15) is 15.9 Å². The molecule has 0 aliphatic carbocycles. The summed E-state index contributed by atoms with van der Waals surface area (Å²) in [6, 6.07) is 24.4. The molecule has 31 heavy (non-hydrogen) atoms. The van der Waals surface area contributed by atoms with Crippen molar-refractivity contribution in [3.63, 3.8) is 0 Å². The normalized spacial score (nSPS) is 10.5. The zero-order valence-corrected chi connectivity index (χ0v) is 16.7. The van der Waals surface area contributed by atoms with Gasteiger partial charge in [-0.05, 0) is 60.5 Å². The Hall–Kier alpha value is -4.06. The second kappa shape index (κ2) is 9.63. The van der Waals surface area contributed by atoms with Gasteiger partial charge in [0.1, 0.15) is 11.6 Å². The molecule has 0 saturated carbocycles. The molecule has 3 aromatic carbocycles. The molecule has 1 aromatic heterocycles. The number of aromatic nitrogens is 2. The van der Waals surface area contributed by atoms with Gasteiger partial charge in [0.2, 0.25) is 5.88 Å². The maximum Gasteiger partial charge on any atom is 0.251 e. The molecule has 4 aromatic rings. The number of nitrogens with one attached hydrogen (secondary N) is 1. The predicted octanol–water partition coefficient (Wildman–Crippen LogP) is 5.05. The first-order valence-corrected chi connectivity index (χ1v) is 9.86. The summed E-state index contributed by atoms with van der Waals surface area (Å²) in [7, 11) is 0. The van der Waals surface area contributed by atoms with Crippen molar-refractivity contribution in [2.45, 2.75) is 6.42 Å². The molecule has 5 nitrogen and oxygen atoms in total. The number of rotatable bonds is 7. The number of hydrogen-bond acceptors (Lipinski definition) is 4. The van der Waals surface area contributed by atoms with Crippen LogP contribution in [0.2, 0.25) is 0 Å². The fourth-order valence-corrected chi connectivity index (χ4v) is 3.00. The van der Waals surface area contributed by atoms with E-state index in [2.05, 4.69) is 15.3 Å². The van der Waals surface area contributed by atoms with Crippen molar-refractivity contribution in [1.29, 1.82) is 0 Å². The van der Waals surface area contributed by atoms with Crippen molar-refractivity contribution in [1.82, 2.24) is 15.3 Å². The van der Waals surface area contributed by atoms with E-state index in [1.807, 2.05) is 30.3 Å². The summed E-state index contributed by atoms with van der Waals surface area (Å²) in [5.41, 5.74) is 2.42. The second-order valence-corrected chi connectivity index (χ2v) is 6.84. The van der Waals surface area contributed by atoms with Crippen LogP contribution in [0.15, 0.2) is 91.1 Å². The molecule has 0 aliphatic rings. The van der Waals surface area contributed by atoms with Crippen LogP contribution in [-0.4, -0.2) is 22.4 Å². The molecule has 1 amide bonds. The van der Waals surface area contributed by atoms with Gasteiger partial charge >= 0.3 is 0 Å². The van der Waals surface area contributed by atoms with Crippen LogP contribution >= 0.6 is 0 Å². The molecule has 0 bridgehead atoms. The average molecular weight is 413 g/mol. The summed E-state index contributed by atoms with van der Waals surface area (Å²) in [4.78, 5) is 20.9. The van der Waals surface area contributed by atoms with Crippen molar-refractivity contribution < 1.29 is 13.9 Å². The van der Waals surface area contributed by atoms with Crippen LogP contribution < -0.4 is 10.1 Å². The van der Waals surface area contributed by atoms with Gasteiger partial charge in [-0.1, -0.05) is 30.3 Å². The highest BCUT2D eigenvalue weighted by Gasteiger charge is 2.08. The average Bonchev–Trinajstić information content (AvgIpc) is 2.81. The van der Waals surface area contributed by atoms with Crippen LogP contribution in [0.4, 0.5) is 4.39 Å². The van der Waals surface area contributed by atoms with Gasteiger partial charge in [-0.2, -0.15) is 4.98 Å². The molecule has 0 spiro atoms. The van der Waals surface area contributed by atoms with E-state index in [1.165, 1.54) is 17.7 Å². The third-order valence-corrected chi connectivity index (χ3v) is 4.61. The number of benzene rings is 3. The van der Waals surface area contributed by atoms with E-state index in [4.69, 9.17) is 4.74 Å². The van der Waals surface area contributed by atoms with Crippen molar-refractivity contribution in [2.75, 3.05) is 6.54 Å². The molecule has 0 aliphatic heterocycles. The van der Waals surface area contributed by atoms with Crippen molar-refractivity contribution in [3.05, 3.63) is 108 Å². The van der Waals surface area contributed by atoms with E-state index in [-0.39, 0.29) is 11.7 Å². The van der Waals surface area contributed by atoms with Crippen molar-refractivity contribution in [3.8, 4) is 23.0 Å². The van der Waals surface area contributed by atoms with E-state index in [1.54, 1.807) is 48.7 Å². The summed E-state index contributed by atoms with van der Waals surface area (Å²) < 4.78 is 18.9. The Labute approximate surface area is 179 Å². The summed E-state index contributed by atoms with van der Waals surface area (Å²) in [5, 5.41) is 2.92. The first-order chi connectivity index (χ1) is 15.2. The summed E-state index contributed by atoms with van der Waals surface area (Å²) >= 11 is 0. The minimum atomic E-state index is -0.319. The Morgan fingerprint density at radius 2 is 1.65 bits per heavy atom. The van der Waals surface area contributed by atoms with Crippen LogP contribution in [0.25, 0.3) is 11.4 Å². The molecular weight excluding hydrogens is 393 g/mol. The van der Waals surface area contributed by atoms with E-state index < -0.39 is 0 Å². The maximum atomic E-state index is 13.1. The zero-order chi connectivity index (χ0) is 21.5. The Bertz CT molecular complexity index is 1150. The molecule has 0 unspecified atom stereocenters. The van der Waals surface area contributed by atoms with Gasteiger partial charge in [-0.25, -0.2) is 9.37 Å². The smallest absolute Gasteiger partial charge is 0.251 e. The highest BCUT2D eigenvalue weighted by molar-refractivity contribution is 5.94. The lowest BCUT2D eigenvalue weighted by Gasteiger charge is -2.08.